The second-order valence-electron chi connectivity index (χ2n) is 17.5. The van der Waals surface area contributed by atoms with Gasteiger partial charge in [-0.25, -0.2) is 15.0 Å². The minimum atomic E-state index is 0.598. The fourth-order valence-electron chi connectivity index (χ4n) is 10.4. The summed E-state index contributed by atoms with van der Waals surface area (Å²) in [7, 11) is 0. The van der Waals surface area contributed by atoms with Crippen LogP contribution < -0.4 is 0 Å². The second-order valence-corrected chi connectivity index (χ2v) is 17.5. The molecular weight excluding hydrogens is 805 g/mol. The number of benzene rings is 10. The third-order valence-electron chi connectivity index (χ3n) is 13.6. The Hall–Kier alpha value is -8.67. The average molecular weight is 843 g/mol. The van der Waals surface area contributed by atoms with Gasteiger partial charge < -0.3 is 8.98 Å². The van der Waals surface area contributed by atoms with E-state index in [2.05, 4.69) is 205 Å². The van der Waals surface area contributed by atoms with Gasteiger partial charge in [0.25, 0.3) is 0 Å². The number of aryl methyl sites for hydroxylation is 1. The molecule has 3 aromatic heterocycles. The van der Waals surface area contributed by atoms with Gasteiger partial charge in [-0.05, 0) is 111 Å². The van der Waals surface area contributed by atoms with E-state index < -0.39 is 0 Å². The molecule has 1 aliphatic carbocycles. The molecule has 0 saturated heterocycles. The number of hydrogen-bond acceptors (Lipinski definition) is 4. The predicted octanol–water partition coefficient (Wildman–Crippen LogP) is 16.0. The maximum atomic E-state index is 6.76. The lowest BCUT2D eigenvalue weighted by Crippen LogP contribution is -2.01. The summed E-state index contributed by atoms with van der Waals surface area (Å²) in [5, 5.41) is 11.8. The summed E-state index contributed by atoms with van der Waals surface area (Å²) in [6, 6.07) is 69.6. The highest BCUT2D eigenvalue weighted by atomic mass is 16.3. The summed E-state index contributed by atoms with van der Waals surface area (Å²) in [5.41, 5.74) is 12.8. The molecule has 0 atom stereocenters. The Morgan fingerprint density at radius 3 is 1.89 bits per heavy atom. The normalized spacial score (nSPS) is 12.7. The van der Waals surface area contributed by atoms with Crippen LogP contribution in [0.5, 0.6) is 0 Å². The van der Waals surface area contributed by atoms with Gasteiger partial charge in [-0.1, -0.05) is 158 Å². The lowest BCUT2D eigenvalue weighted by molar-refractivity contribution is 0.669. The van der Waals surface area contributed by atoms with E-state index in [4.69, 9.17) is 19.4 Å². The van der Waals surface area contributed by atoms with E-state index >= 15 is 0 Å². The molecule has 3 heterocycles. The summed E-state index contributed by atoms with van der Waals surface area (Å²) in [5.74, 6) is 1.87. The molecule has 1 aliphatic rings. The molecule has 13 aromatic rings. The summed E-state index contributed by atoms with van der Waals surface area (Å²) < 4.78 is 9.22. The lowest BCUT2D eigenvalue weighted by atomic mass is 9.95. The Morgan fingerprint density at radius 2 is 1.05 bits per heavy atom. The van der Waals surface area contributed by atoms with Crippen molar-refractivity contribution in [2.75, 3.05) is 0 Å². The van der Waals surface area contributed by atoms with Crippen LogP contribution >= 0.6 is 0 Å². The molecule has 0 bridgehead atoms. The van der Waals surface area contributed by atoms with Gasteiger partial charge in [0.1, 0.15) is 11.2 Å². The monoisotopic (exact) mass is 842 g/mol. The van der Waals surface area contributed by atoms with E-state index in [1.165, 1.54) is 60.0 Å². The zero-order chi connectivity index (χ0) is 43.3. The molecule has 0 unspecified atom stereocenters. The van der Waals surface area contributed by atoms with E-state index in [1.54, 1.807) is 0 Å². The Bertz CT molecular complexity index is 4160. The highest BCUT2D eigenvalue weighted by molar-refractivity contribution is 6.22. The molecule has 14 rings (SSSR count). The number of allylic oxidation sites excluding steroid dienone is 1. The Morgan fingerprint density at radius 1 is 0.409 bits per heavy atom. The molecule has 0 aliphatic heterocycles. The lowest BCUT2D eigenvalue weighted by Gasteiger charge is -2.13. The van der Waals surface area contributed by atoms with Crippen LogP contribution in [0.1, 0.15) is 17.5 Å². The van der Waals surface area contributed by atoms with Crippen LogP contribution in [0.2, 0.25) is 0 Å². The third-order valence-corrected chi connectivity index (χ3v) is 13.6. The SMILES string of the molecule is C1=Cc2ccc(-c3nc(-c4ccc(-c5ccccc5)cc4)nc(-c4ccc5c(c4)oc4ccc6ccc(-n7c8cc9ccccc9cc8c8ccc9ccccc9c87)cc6c45)n3)cc2CC1. The highest BCUT2D eigenvalue weighted by Crippen LogP contribution is 2.42. The van der Waals surface area contributed by atoms with Gasteiger partial charge in [-0.2, -0.15) is 0 Å². The Kier molecular flexibility index (Phi) is 8.04. The average Bonchev–Trinajstić information content (AvgIpc) is 3.93. The van der Waals surface area contributed by atoms with Gasteiger partial charge in [0.05, 0.1) is 11.0 Å². The van der Waals surface area contributed by atoms with Gasteiger partial charge in [-0.3, -0.25) is 0 Å². The smallest absolute Gasteiger partial charge is 0.164 e. The van der Waals surface area contributed by atoms with Gasteiger partial charge >= 0.3 is 0 Å². The van der Waals surface area contributed by atoms with Gasteiger partial charge in [0, 0.05) is 49.3 Å². The van der Waals surface area contributed by atoms with Crippen molar-refractivity contribution in [1.82, 2.24) is 19.5 Å². The molecule has 0 fully saturated rings. The molecule has 10 aromatic carbocycles. The quantitative estimate of drug-likeness (QED) is 0.173. The first-order chi connectivity index (χ1) is 32.7. The predicted molar refractivity (Wildman–Crippen MR) is 273 cm³/mol. The summed E-state index contributed by atoms with van der Waals surface area (Å²) in [6.07, 6.45) is 6.48. The summed E-state index contributed by atoms with van der Waals surface area (Å²) >= 11 is 0. The van der Waals surface area contributed by atoms with Crippen molar-refractivity contribution in [3.05, 3.63) is 211 Å². The number of aromatic nitrogens is 4. The Balaban J connectivity index is 0.934. The van der Waals surface area contributed by atoms with Crippen LogP contribution in [0.25, 0.3) is 133 Å². The maximum Gasteiger partial charge on any atom is 0.164 e. The van der Waals surface area contributed by atoms with Crippen LogP contribution in [0.15, 0.2) is 205 Å². The van der Waals surface area contributed by atoms with Crippen molar-refractivity contribution in [2.45, 2.75) is 12.8 Å². The van der Waals surface area contributed by atoms with Crippen molar-refractivity contribution in [1.29, 1.82) is 0 Å². The van der Waals surface area contributed by atoms with Crippen molar-refractivity contribution >= 4 is 82.1 Å². The summed E-state index contributed by atoms with van der Waals surface area (Å²) in [4.78, 5) is 15.4. The van der Waals surface area contributed by atoms with Crippen LogP contribution in [-0.2, 0) is 6.42 Å². The van der Waals surface area contributed by atoms with E-state index in [-0.39, 0.29) is 0 Å². The van der Waals surface area contributed by atoms with Gasteiger partial charge in [0.2, 0.25) is 0 Å². The molecular formula is C61H38N4O. The molecule has 0 N–H and O–H groups in total. The number of rotatable bonds is 5. The number of hydrogen-bond donors (Lipinski definition) is 0. The summed E-state index contributed by atoms with van der Waals surface area (Å²) in [6.45, 7) is 0. The van der Waals surface area contributed by atoms with Crippen molar-refractivity contribution in [3.8, 4) is 51.0 Å². The molecule has 0 amide bonds. The zero-order valence-corrected chi connectivity index (χ0v) is 35.7. The van der Waals surface area contributed by atoms with Gasteiger partial charge in [-0.15, -0.1) is 0 Å². The third kappa shape index (κ3) is 5.83. The first kappa shape index (κ1) is 36.8. The molecule has 0 saturated carbocycles. The van der Waals surface area contributed by atoms with E-state index in [0.29, 0.717) is 17.5 Å². The topological polar surface area (TPSA) is 56.7 Å². The molecule has 5 heteroatoms. The molecule has 0 spiro atoms. The van der Waals surface area contributed by atoms with Crippen LogP contribution in [0.3, 0.4) is 0 Å². The van der Waals surface area contributed by atoms with Crippen LogP contribution in [0, 0.1) is 0 Å². The first-order valence-corrected chi connectivity index (χ1v) is 22.6. The Labute approximate surface area is 379 Å². The minimum Gasteiger partial charge on any atom is -0.456 e. The maximum absolute atomic E-state index is 6.76. The van der Waals surface area contributed by atoms with Gasteiger partial charge in [0.15, 0.2) is 17.5 Å². The zero-order valence-electron chi connectivity index (χ0n) is 35.7. The standard InChI is InChI=1S/C61H38N4O/c1-2-10-37(11-3-1)39-18-21-42(22-19-39)59-62-60(46-23-20-38-12-4-5-14-43(38)32-46)64-61(63-59)47-26-30-51-56(35-47)66-55-31-27-41-24-28-48(36-52(41)57(51)55)65-54-34-45-16-7-6-15-44(45)33-53(54)50-29-25-40-13-8-9-17-49(40)58(50)65/h1-4,6-13,15-36H,5,14H2. The molecule has 66 heavy (non-hydrogen) atoms. The number of furan rings is 1. The molecule has 5 nitrogen and oxygen atoms in total. The number of nitrogens with zero attached hydrogens (tertiary/aromatic N) is 4. The number of fused-ring (bicyclic) bond motifs is 12. The van der Waals surface area contributed by atoms with Crippen molar-refractivity contribution in [3.63, 3.8) is 0 Å². The molecule has 308 valence electrons. The highest BCUT2D eigenvalue weighted by Gasteiger charge is 2.20. The van der Waals surface area contributed by atoms with Crippen molar-refractivity contribution < 1.29 is 4.42 Å². The fourth-order valence-corrected chi connectivity index (χ4v) is 10.4. The van der Waals surface area contributed by atoms with Crippen molar-refractivity contribution in [2.24, 2.45) is 0 Å². The first-order valence-electron chi connectivity index (χ1n) is 22.6. The molecule has 0 radical (unpaired) electrons. The minimum absolute atomic E-state index is 0.598. The second kappa shape index (κ2) is 14.4. The fraction of sp³-hybridized carbons (Fsp3) is 0.0328. The van der Waals surface area contributed by atoms with E-state index in [1.807, 2.05) is 6.07 Å². The largest absolute Gasteiger partial charge is 0.456 e. The van der Waals surface area contributed by atoms with E-state index in [9.17, 15) is 0 Å². The van der Waals surface area contributed by atoms with Crippen LogP contribution in [0.4, 0.5) is 0 Å². The van der Waals surface area contributed by atoms with E-state index in [0.717, 1.165) is 73.5 Å². The van der Waals surface area contributed by atoms with Crippen LogP contribution in [-0.4, -0.2) is 19.5 Å².